The highest BCUT2D eigenvalue weighted by atomic mass is 16.5. The average molecular weight is 278 g/mol. The van der Waals surface area contributed by atoms with Crippen molar-refractivity contribution < 1.29 is 19.2 Å². The molecule has 1 unspecified atom stereocenters. The molecule has 0 bridgehead atoms. The van der Waals surface area contributed by atoms with E-state index in [1.54, 1.807) is 24.1 Å². The fourth-order valence-corrected chi connectivity index (χ4v) is 2.86. The molecule has 0 saturated carbocycles. The van der Waals surface area contributed by atoms with Crippen molar-refractivity contribution in [2.75, 3.05) is 33.4 Å². The molecule has 2 atom stereocenters. The van der Waals surface area contributed by atoms with Gasteiger partial charge in [-0.2, -0.15) is 0 Å². The summed E-state index contributed by atoms with van der Waals surface area (Å²) in [6, 6.07) is 5.37. The summed E-state index contributed by atoms with van der Waals surface area (Å²) in [5.41, 5.74) is 0.548. The lowest BCUT2D eigenvalue weighted by Gasteiger charge is -2.27. The first-order valence-electron chi connectivity index (χ1n) is 7.33. The molecule has 0 spiro atoms. The smallest absolute Gasteiger partial charge is 0.171 e. The van der Waals surface area contributed by atoms with Crippen LogP contribution in [0.15, 0.2) is 18.2 Å². The largest absolute Gasteiger partial charge is 0.493 e. The topological polar surface area (TPSA) is 40.0 Å². The molecule has 4 nitrogen and oxygen atoms in total. The number of benzene rings is 1. The summed E-state index contributed by atoms with van der Waals surface area (Å²) in [4.78, 5) is 12.7. The molecular weight excluding hydrogens is 254 g/mol. The van der Waals surface area contributed by atoms with E-state index in [1.807, 2.05) is 6.07 Å². The normalized spacial score (nSPS) is 22.3. The summed E-state index contributed by atoms with van der Waals surface area (Å²) < 4.78 is 11.1. The van der Waals surface area contributed by atoms with Gasteiger partial charge >= 0.3 is 0 Å². The van der Waals surface area contributed by atoms with Crippen molar-refractivity contribution in [1.29, 1.82) is 0 Å². The maximum atomic E-state index is 11.1. The number of nitrogens with one attached hydrogen (secondary N) is 1. The predicted molar refractivity (Wildman–Crippen MR) is 77.8 cm³/mol. The number of quaternary nitrogens is 1. The second-order valence-corrected chi connectivity index (χ2v) is 5.55. The van der Waals surface area contributed by atoms with Gasteiger partial charge in [-0.15, -0.1) is 0 Å². The monoisotopic (exact) mass is 278 g/mol. The minimum Gasteiger partial charge on any atom is -0.493 e. The lowest BCUT2D eigenvalue weighted by Crippen LogP contribution is -3.14. The molecule has 1 saturated heterocycles. The van der Waals surface area contributed by atoms with Crippen molar-refractivity contribution in [2.24, 2.45) is 5.92 Å². The Morgan fingerprint density at radius 2 is 2.30 bits per heavy atom. The SMILES string of the molecule is COc1cccc(C=O)c1OCC[NH+]1CCC[C@H](C)C1. The number of piperidine rings is 1. The van der Waals surface area contributed by atoms with Crippen LogP contribution in [0.4, 0.5) is 0 Å². The Labute approximate surface area is 120 Å². The van der Waals surface area contributed by atoms with Crippen molar-refractivity contribution in [1.82, 2.24) is 0 Å². The van der Waals surface area contributed by atoms with Crippen LogP contribution in [-0.2, 0) is 0 Å². The van der Waals surface area contributed by atoms with Crippen LogP contribution in [0.1, 0.15) is 30.1 Å². The van der Waals surface area contributed by atoms with Crippen molar-refractivity contribution in [3.05, 3.63) is 23.8 Å². The number of methoxy groups -OCH3 is 1. The number of rotatable bonds is 6. The molecule has 0 radical (unpaired) electrons. The standard InChI is InChI=1S/C16H23NO3/c1-13-5-4-8-17(11-13)9-10-20-16-14(12-18)6-3-7-15(16)19-2/h3,6-7,12-13H,4-5,8-11H2,1-2H3/p+1/t13-/m0/s1. The molecule has 1 aromatic rings. The third-order valence-corrected chi connectivity index (χ3v) is 3.92. The van der Waals surface area contributed by atoms with Crippen LogP contribution in [0.2, 0.25) is 0 Å². The quantitative estimate of drug-likeness (QED) is 0.795. The zero-order valence-electron chi connectivity index (χ0n) is 12.4. The summed E-state index contributed by atoms with van der Waals surface area (Å²) in [5, 5.41) is 0. The molecule has 1 aromatic carbocycles. The number of para-hydroxylation sites is 1. The first-order valence-corrected chi connectivity index (χ1v) is 7.33. The van der Waals surface area contributed by atoms with Gasteiger partial charge in [0.15, 0.2) is 17.8 Å². The van der Waals surface area contributed by atoms with Gasteiger partial charge in [-0.25, -0.2) is 0 Å². The molecule has 4 heteroatoms. The van der Waals surface area contributed by atoms with Gasteiger partial charge in [-0.05, 0) is 25.0 Å². The number of carbonyl (C=O) groups excluding carboxylic acids is 1. The highest BCUT2D eigenvalue weighted by molar-refractivity contribution is 5.81. The van der Waals surface area contributed by atoms with E-state index >= 15 is 0 Å². The maximum absolute atomic E-state index is 11.1. The lowest BCUT2D eigenvalue weighted by molar-refractivity contribution is -0.908. The van der Waals surface area contributed by atoms with Gasteiger partial charge < -0.3 is 14.4 Å². The zero-order valence-corrected chi connectivity index (χ0v) is 12.4. The van der Waals surface area contributed by atoms with Crippen LogP contribution in [0.3, 0.4) is 0 Å². The number of carbonyl (C=O) groups is 1. The minimum absolute atomic E-state index is 0.548. The van der Waals surface area contributed by atoms with Gasteiger partial charge in [0.05, 0.1) is 25.8 Å². The zero-order chi connectivity index (χ0) is 14.4. The van der Waals surface area contributed by atoms with Gasteiger partial charge in [0.1, 0.15) is 13.2 Å². The van der Waals surface area contributed by atoms with Crippen LogP contribution >= 0.6 is 0 Å². The van der Waals surface area contributed by atoms with E-state index < -0.39 is 0 Å². The van der Waals surface area contributed by atoms with Crippen LogP contribution in [0, 0.1) is 5.92 Å². The van der Waals surface area contributed by atoms with Crippen molar-refractivity contribution in [3.63, 3.8) is 0 Å². The average Bonchev–Trinajstić information content (AvgIpc) is 2.47. The Morgan fingerprint density at radius 1 is 1.45 bits per heavy atom. The van der Waals surface area contributed by atoms with E-state index in [9.17, 15) is 4.79 Å². The van der Waals surface area contributed by atoms with Gasteiger partial charge in [0.25, 0.3) is 0 Å². The van der Waals surface area contributed by atoms with E-state index in [1.165, 1.54) is 25.9 Å². The molecule has 0 aromatic heterocycles. The van der Waals surface area contributed by atoms with E-state index in [4.69, 9.17) is 9.47 Å². The van der Waals surface area contributed by atoms with Crippen LogP contribution < -0.4 is 14.4 Å². The second kappa shape index (κ2) is 7.29. The summed E-state index contributed by atoms with van der Waals surface area (Å²) in [5.74, 6) is 1.99. The summed E-state index contributed by atoms with van der Waals surface area (Å²) in [6.07, 6.45) is 3.45. The third kappa shape index (κ3) is 3.73. The van der Waals surface area contributed by atoms with Gasteiger partial charge in [0, 0.05) is 5.92 Å². The summed E-state index contributed by atoms with van der Waals surface area (Å²) in [7, 11) is 1.59. The Kier molecular flexibility index (Phi) is 5.41. The Bertz CT molecular complexity index is 447. The van der Waals surface area contributed by atoms with Gasteiger partial charge in [0.2, 0.25) is 0 Å². The highest BCUT2D eigenvalue weighted by Crippen LogP contribution is 2.29. The molecule has 2 rings (SSSR count). The van der Waals surface area contributed by atoms with Crippen molar-refractivity contribution >= 4 is 6.29 Å². The van der Waals surface area contributed by atoms with Crippen LogP contribution in [0.25, 0.3) is 0 Å². The lowest BCUT2D eigenvalue weighted by atomic mass is 10.0. The molecule has 0 amide bonds. The molecule has 0 aliphatic carbocycles. The van der Waals surface area contributed by atoms with E-state index in [2.05, 4.69) is 6.92 Å². The number of hydrogen-bond acceptors (Lipinski definition) is 3. The summed E-state index contributed by atoms with van der Waals surface area (Å²) >= 11 is 0. The molecule has 1 aliphatic rings. The second-order valence-electron chi connectivity index (χ2n) is 5.55. The maximum Gasteiger partial charge on any atom is 0.171 e. The first kappa shape index (κ1) is 14.9. The van der Waals surface area contributed by atoms with Crippen LogP contribution in [0.5, 0.6) is 11.5 Å². The first-order chi connectivity index (χ1) is 9.74. The van der Waals surface area contributed by atoms with Crippen molar-refractivity contribution in [3.8, 4) is 11.5 Å². The van der Waals surface area contributed by atoms with Gasteiger partial charge in [-0.3, -0.25) is 4.79 Å². The molecule has 1 heterocycles. The highest BCUT2D eigenvalue weighted by Gasteiger charge is 2.19. The predicted octanol–water partition coefficient (Wildman–Crippen LogP) is 1.20. The minimum atomic E-state index is 0.548. The third-order valence-electron chi connectivity index (χ3n) is 3.92. The Morgan fingerprint density at radius 3 is 3.00 bits per heavy atom. The van der Waals surface area contributed by atoms with E-state index in [-0.39, 0.29) is 0 Å². The Hall–Kier alpha value is -1.55. The molecule has 20 heavy (non-hydrogen) atoms. The van der Waals surface area contributed by atoms with Crippen LogP contribution in [-0.4, -0.2) is 39.6 Å². The number of aldehydes is 1. The summed E-state index contributed by atoms with van der Waals surface area (Å²) in [6.45, 7) is 6.34. The van der Waals surface area contributed by atoms with E-state index in [0.717, 1.165) is 18.7 Å². The molecular formula is C16H24NO3+. The number of hydrogen-bond donors (Lipinski definition) is 1. The number of ether oxygens (including phenoxy) is 2. The molecule has 1 fully saturated rings. The van der Waals surface area contributed by atoms with Gasteiger partial charge in [-0.1, -0.05) is 13.0 Å². The number of likely N-dealkylation sites (tertiary alicyclic amines) is 1. The Balaban J connectivity index is 1.91. The fraction of sp³-hybridized carbons (Fsp3) is 0.562. The molecule has 1 aliphatic heterocycles. The molecule has 110 valence electrons. The van der Waals surface area contributed by atoms with E-state index in [0.29, 0.717) is 23.7 Å². The fourth-order valence-electron chi connectivity index (χ4n) is 2.86. The molecule has 1 N–H and O–H groups in total. The van der Waals surface area contributed by atoms with Crippen molar-refractivity contribution in [2.45, 2.75) is 19.8 Å².